The molecule has 1 aliphatic heterocycles. The van der Waals surface area contributed by atoms with E-state index >= 15 is 0 Å². The number of alkyl halides is 1. The highest BCUT2D eigenvalue weighted by Crippen LogP contribution is 2.24. The molecule has 0 aliphatic carbocycles. The lowest BCUT2D eigenvalue weighted by Gasteiger charge is -2.37. The minimum absolute atomic E-state index is 0.204. The van der Waals surface area contributed by atoms with E-state index in [1.54, 1.807) is 0 Å². The summed E-state index contributed by atoms with van der Waals surface area (Å²) in [5.74, 6) is -1.94. The SMILES string of the molecule is CC(=O)OC[C@H]1OC[C@H](OC(C)=O)[C@@H](F)[C@@H]1OC(C)=O. The molecule has 4 atom stereocenters. The van der Waals surface area contributed by atoms with E-state index in [-0.39, 0.29) is 13.2 Å². The summed E-state index contributed by atoms with van der Waals surface area (Å²) in [6, 6.07) is 0. The van der Waals surface area contributed by atoms with Gasteiger partial charge in [-0.25, -0.2) is 4.39 Å². The molecule has 8 heteroatoms. The van der Waals surface area contributed by atoms with Crippen molar-refractivity contribution in [3.05, 3.63) is 0 Å². The smallest absolute Gasteiger partial charge is 0.303 e. The Labute approximate surface area is 115 Å². The molecule has 0 N–H and O–H groups in total. The highest BCUT2D eigenvalue weighted by molar-refractivity contribution is 5.67. The highest BCUT2D eigenvalue weighted by atomic mass is 19.1. The molecule has 1 rings (SSSR count). The van der Waals surface area contributed by atoms with Crippen LogP contribution in [0.1, 0.15) is 20.8 Å². The van der Waals surface area contributed by atoms with Crippen molar-refractivity contribution in [3.63, 3.8) is 0 Å². The van der Waals surface area contributed by atoms with Crippen LogP contribution in [0.15, 0.2) is 0 Å². The molecule has 1 fully saturated rings. The van der Waals surface area contributed by atoms with Gasteiger partial charge in [0.2, 0.25) is 0 Å². The minimum atomic E-state index is -1.75. The van der Waals surface area contributed by atoms with E-state index in [9.17, 15) is 18.8 Å². The van der Waals surface area contributed by atoms with Crippen LogP contribution >= 0.6 is 0 Å². The first kappa shape index (κ1) is 16.4. The van der Waals surface area contributed by atoms with Crippen LogP contribution in [-0.2, 0) is 33.3 Å². The molecule has 1 heterocycles. The summed E-state index contributed by atoms with van der Waals surface area (Å²) < 4.78 is 33.8. The van der Waals surface area contributed by atoms with Gasteiger partial charge in [0, 0.05) is 20.8 Å². The van der Waals surface area contributed by atoms with Gasteiger partial charge in [0.15, 0.2) is 18.4 Å². The molecule has 0 radical (unpaired) electrons. The van der Waals surface area contributed by atoms with E-state index in [0.717, 1.165) is 13.8 Å². The van der Waals surface area contributed by atoms with Gasteiger partial charge < -0.3 is 18.9 Å². The monoisotopic (exact) mass is 292 g/mol. The second kappa shape index (κ2) is 7.18. The number of carbonyl (C=O) groups excluding carboxylic acids is 3. The van der Waals surface area contributed by atoms with Crippen LogP contribution in [0.25, 0.3) is 0 Å². The van der Waals surface area contributed by atoms with Crippen molar-refractivity contribution in [2.24, 2.45) is 0 Å². The van der Waals surface area contributed by atoms with Gasteiger partial charge in [0.05, 0.1) is 6.61 Å². The van der Waals surface area contributed by atoms with Gasteiger partial charge in [-0.05, 0) is 0 Å². The molecule has 0 unspecified atom stereocenters. The van der Waals surface area contributed by atoms with E-state index in [0.29, 0.717) is 0 Å². The Hall–Kier alpha value is -1.70. The van der Waals surface area contributed by atoms with E-state index < -0.39 is 42.4 Å². The molecule has 0 bridgehead atoms. The van der Waals surface area contributed by atoms with Crippen molar-refractivity contribution in [1.29, 1.82) is 0 Å². The molecule has 20 heavy (non-hydrogen) atoms. The molecule has 0 amide bonds. The van der Waals surface area contributed by atoms with E-state index in [4.69, 9.17) is 18.9 Å². The lowest BCUT2D eigenvalue weighted by atomic mass is 10.0. The summed E-state index contributed by atoms with van der Waals surface area (Å²) >= 11 is 0. The van der Waals surface area contributed by atoms with E-state index in [1.807, 2.05) is 0 Å². The molecule has 0 aromatic carbocycles. The number of hydrogen-bond donors (Lipinski definition) is 0. The minimum Gasteiger partial charge on any atom is -0.463 e. The molecular weight excluding hydrogens is 275 g/mol. The summed E-state index contributed by atoms with van der Waals surface area (Å²) in [4.78, 5) is 32.6. The Balaban J connectivity index is 2.74. The Kier molecular flexibility index (Phi) is 5.87. The molecule has 1 saturated heterocycles. The van der Waals surface area contributed by atoms with Gasteiger partial charge in [-0.15, -0.1) is 0 Å². The predicted molar refractivity (Wildman–Crippen MR) is 62.4 cm³/mol. The zero-order valence-corrected chi connectivity index (χ0v) is 11.5. The number of rotatable bonds is 4. The number of ether oxygens (including phenoxy) is 4. The molecule has 1 aliphatic rings. The maximum atomic E-state index is 14.2. The summed E-state index contributed by atoms with van der Waals surface area (Å²) in [6.07, 6.45) is -5.16. The second-order valence-corrected chi connectivity index (χ2v) is 4.34. The quantitative estimate of drug-likeness (QED) is 0.538. The number of carbonyl (C=O) groups is 3. The Morgan fingerprint density at radius 3 is 2.20 bits per heavy atom. The maximum absolute atomic E-state index is 14.2. The van der Waals surface area contributed by atoms with Gasteiger partial charge in [0.1, 0.15) is 12.7 Å². The second-order valence-electron chi connectivity index (χ2n) is 4.34. The third-order valence-electron chi connectivity index (χ3n) is 2.58. The van der Waals surface area contributed by atoms with Crippen LogP contribution in [0, 0.1) is 0 Å². The molecule has 0 saturated carbocycles. The molecule has 0 aromatic rings. The molecule has 7 nitrogen and oxygen atoms in total. The molecule has 114 valence electrons. The summed E-state index contributed by atoms with van der Waals surface area (Å²) in [6.45, 7) is 2.99. The Morgan fingerprint density at radius 1 is 1.10 bits per heavy atom. The first-order valence-corrected chi connectivity index (χ1v) is 6.04. The highest BCUT2D eigenvalue weighted by Gasteiger charge is 2.45. The number of halogens is 1. The zero-order valence-electron chi connectivity index (χ0n) is 11.5. The zero-order chi connectivity index (χ0) is 15.3. The summed E-state index contributed by atoms with van der Waals surface area (Å²) in [5.41, 5.74) is 0. The van der Waals surface area contributed by atoms with Gasteiger partial charge in [0.25, 0.3) is 0 Å². The summed E-state index contributed by atoms with van der Waals surface area (Å²) in [5, 5.41) is 0. The lowest BCUT2D eigenvalue weighted by molar-refractivity contribution is -0.210. The normalized spacial score (nSPS) is 29.4. The predicted octanol–water partition coefficient (Wildman–Crippen LogP) is 0.150. The fourth-order valence-electron chi connectivity index (χ4n) is 1.81. The molecular formula is C12H17FO7. The van der Waals surface area contributed by atoms with Crippen LogP contribution in [0.5, 0.6) is 0 Å². The van der Waals surface area contributed by atoms with Gasteiger partial charge in [-0.2, -0.15) is 0 Å². The van der Waals surface area contributed by atoms with Crippen LogP contribution < -0.4 is 0 Å². The van der Waals surface area contributed by atoms with Gasteiger partial charge in [-0.1, -0.05) is 0 Å². The van der Waals surface area contributed by atoms with Crippen LogP contribution in [0.4, 0.5) is 4.39 Å². The maximum Gasteiger partial charge on any atom is 0.303 e. The van der Waals surface area contributed by atoms with Crippen LogP contribution in [0.3, 0.4) is 0 Å². The third-order valence-corrected chi connectivity index (χ3v) is 2.58. The van der Waals surface area contributed by atoms with E-state index in [1.165, 1.54) is 6.92 Å². The van der Waals surface area contributed by atoms with Crippen LogP contribution in [0.2, 0.25) is 0 Å². The standard InChI is InChI=1S/C12H17FO7/c1-6(14)17-5-10-12(20-8(3)16)11(13)9(4-18-10)19-7(2)15/h9-12H,4-5H2,1-3H3/t9-,10+,11+,12+/m0/s1. The number of esters is 3. The van der Waals surface area contributed by atoms with Gasteiger partial charge in [-0.3, -0.25) is 14.4 Å². The first-order valence-electron chi connectivity index (χ1n) is 6.04. The van der Waals surface area contributed by atoms with Crippen molar-refractivity contribution >= 4 is 17.9 Å². The van der Waals surface area contributed by atoms with Crippen molar-refractivity contribution in [1.82, 2.24) is 0 Å². The summed E-state index contributed by atoms with van der Waals surface area (Å²) in [7, 11) is 0. The third kappa shape index (κ3) is 4.76. The van der Waals surface area contributed by atoms with Crippen LogP contribution in [-0.4, -0.2) is 55.6 Å². The molecule has 0 spiro atoms. The van der Waals surface area contributed by atoms with Crippen molar-refractivity contribution in [2.75, 3.05) is 13.2 Å². The van der Waals surface area contributed by atoms with Gasteiger partial charge >= 0.3 is 17.9 Å². The molecule has 0 aromatic heterocycles. The lowest BCUT2D eigenvalue weighted by Crippen LogP contribution is -2.55. The Morgan fingerprint density at radius 2 is 1.70 bits per heavy atom. The average Bonchev–Trinajstić information content (AvgIpc) is 2.32. The fraction of sp³-hybridized carbons (Fsp3) is 0.750. The van der Waals surface area contributed by atoms with Crippen molar-refractivity contribution in [3.8, 4) is 0 Å². The Bertz CT molecular complexity index is 382. The average molecular weight is 292 g/mol. The topological polar surface area (TPSA) is 88.1 Å². The van der Waals surface area contributed by atoms with E-state index in [2.05, 4.69) is 0 Å². The van der Waals surface area contributed by atoms with Crippen molar-refractivity contribution < 1.29 is 37.7 Å². The first-order chi connectivity index (χ1) is 9.31. The number of hydrogen-bond acceptors (Lipinski definition) is 7. The van der Waals surface area contributed by atoms with Crippen molar-refractivity contribution in [2.45, 2.75) is 45.3 Å². The largest absolute Gasteiger partial charge is 0.463 e. The fourth-order valence-corrected chi connectivity index (χ4v) is 1.81.